The van der Waals surface area contributed by atoms with Gasteiger partial charge < -0.3 is 15.0 Å². The first-order chi connectivity index (χ1) is 13.6. The van der Waals surface area contributed by atoms with Gasteiger partial charge in [-0.15, -0.1) is 0 Å². The third-order valence-corrected chi connectivity index (χ3v) is 4.77. The number of ether oxygens (including phenoxy) is 1. The van der Waals surface area contributed by atoms with Crippen LogP contribution in [-0.2, 0) is 16.0 Å². The third-order valence-electron chi connectivity index (χ3n) is 4.77. The van der Waals surface area contributed by atoms with Crippen LogP contribution in [0.1, 0.15) is 5.56 Å². The van der Waals surface area contributed by atoms with Crippen molar-refractivity contribution in [3.05, 3.63) is 59.9 Å². The van der Waals surface area contributed by atoms with Crippen LogP contribution in [0.4, 0.5) is 10.1 Å². The summed E-state index contributed by atoms with van der Waals surface area (Å²) in [6.07, 6.45) is 0.0565. The van der Waals surface area contributed by atoms with Crippen LogP contribution in [0, 0.1) is 5.82 Å². The third kappa shape index (κ3) is 5.07. The van der Waals surface area contributed by atoms with Gasteiger partial charge in [-0.2, -0.15) is 0 Å². The Balaban J connectivity index is 1.46. The molecule has 0 aromatic heterocycles. The number of nitrogens with zero attached hydrogens (tertiary/aromatic N) is 2. The lowest BCUT2D eigenvalue weighted by Crippen LogP contribution is -2.50. The van der Waals surface area contributed by atoms with Gasteiger partial charge in [0.1, 0.15) is 11.6 Å². The molecule has 7 heteroatoms. The highest BCUT2D eigenvalue weighted by Crippen LogP contribution is 2.22. The van der Waals surface area contributed by atoms with Crippen LogP contribution in [-0.4, -0.2) is 61.4 Å². The van der Waals surface area contributed by atoms with Crippen molar-refractivity contribution in [2.24, 2.45) is 0 Å². The Labute approximate surface area is 163 Å². The lowest BCUT2D eigenvalue weighted by atomic mass is 10.1. The van der Waals surface area contributed by atoms with E-state index in [1.807, 2.05) is 17.0 Å². The molecule has 0 atom stereocenters. The first kappa shape index (κ1) is 19.8. The topological polar surface area (TPSA) is 61.9 Å². The molecule has 1 aliphatic rings. The van der Waals surface area contributed by atoms with Gasteiger partial charge in [0.25, 0.3) is 0 Å². The summed E-state index contributed by atoms with van der Waals surface area (Å²) in [7, 11) is 1.56. The van der Waals surface area contributed by atoms with Crippen LogP contribution in [0.5, 0.6) is 5.75 Å². The van der Waals surface area contributed by atoms with Crippen molar-refractivity contribution in [3.8, 4) is 5.75 Å². The quantitative estimate of drug-likeness (QED) is 0.828. The number of rotatable bonds is 6. The number of hydrogen-bond acceptors (Lipinski definition) is 4. The van der Waals surface area contributed by atoms with Crippen LogP contribution < -0.4 is 10.1 Å². The fraction of sp³-hybridized carbons (Fsp3) is 0.333. The van der Waals surface area contributed by atoms with Gasteiger partial charge in [0, 0.05) is 26.2 Å². The number of piperazine rings is 1. The van der Waals surface area contributed by atoms with Crippen LogP contribution in [0.15, 0.2) is 48.5 Å². The molecule has 28 heavy (non-hydrogen) atoms. The molecule has 0 radical (unpaired) electrons. The van der Waals surface area contributed by atoms with Crippen LogP contribution in [0.25, 0.3) is 0 Å². The van der Waals surface area contributed by atoms with Crippen molar-refractivity contribution in [1.29, 1.82) is 0 Å². The highest BCUT2D eigenvalue weighted by atomic mass is 19.1. The molecule has 1 fully saturated rings. The molecule has 6 nitrogen and oxygen atoms in total. The summed E-state index contributed by atoms with van der Waals surface area (Å²) in [5.74, 6) is 0.0285. The summed E-state index contributed by atoms with van der Waals surface area (Å²) in [4.78, 5) is 28.4. The van der Waals surface area contributed by atoms with Crippen LogP contribution >= 0.6 is 0 Å². The molecule has 3 rings (SSSR count). The predicted molar refractivity (Wildman–Crippen MR) is 105 cm³/mol. The summed E-state index contributed by atoms with van der Waals surface area (Å²) in [5.41, 5.74) is 1.04. The standard InChI is InChI=1S/C21H24FN3O3/c1-28-19-9-5-4-8-18(19)23-20(26)15-24-10-12-25(13-11-24)21(27)14-16-6-2-3-7-17(16)22/h2-9H,10-15H2,1H3,(H,23,26). The Morgan fingerprint density at radius 1 is 1.04 bits per heavy atom. The maximum Gasteiger partial charge on any atom is 0.238 e. The molecule has 1 N–H and O–H groups in total. The maximum absolute atomic E-state index is 13.7. The molecule has 148 valence electrons. The average molecular weight is 385 g/mol. The van der Waals surface area contributed by atoms with Crippen molar-refractivity contribution >= 4 is 17.5 Å². The van der Waals surface area contributed by atoms with E-state index in [9.17, 15) is 14.0 Å². The molecule has 2 aromatic rings. The summed E-state index contributed by atoms with van der Waals surface area (Å²) in [6, 6.07) is 13.6. The van der Waals surface area contributed by atoms with Gasteiger partial charge in [-0.25, -0.2) is 4.39 Å². The van der Waals surface area contributed by atoms with Crippen LogP contribution in [0.3, 0.4) is 0 Å². The molecule has 1 saturated heterocycles. The van der Waals surface area contributed by atoms with Gasteiger partial charge >= 0.3 is 0 Å². The molecule has 0 aliphatic carbocycles. The van der Waals surface area contributed by atoms with E-state index in [0.717, 1.165) is 0 Å². The molecular formula is C21H24FN3O3. The number of para-hydroxylation sites is 2. The summed E-state index contributed by atoms with van der Waals surface area (Å²) in [6.45, 7) is 2.49. The lowest BCUT2D eigenvalue weighted by Gasteiger charge is -2.34. The van der Waals surface area contributed by atoms with E-state index >= 15 is 0 Å². The molecular weight excluding hydrogens is 361 g/mol. The SMILES string of the molecule is COc1ccccc1NC(=O)CN1CCN(C(=O)Cc2ccccc2F)CC1. The van der Waals surface area contributed by atoms with Crippen molar-refractivity contribution in [2.75, 3.05) is 45.2 Å². The molecule has 0 spiro atoms. The van der Waals surface area contributed by atoms with E-state index in [-0.39, 0.29) is 30.6 Å². The second-order valence-corrected chi connectivity index (χ2v) is 6.67. The number of methoxy groups -OCH3 is 1. The number of carbonyl (C=O) groups excluding carboxylic acids is 2. The smallest absolute Gasteiger partial charge is 0.238 e. The highest BCUT2D eigenvalue weighted by molar-refractivity contribution is 5.93. The van der Waals surface area contributed by atoms with Crippen molar-refractivity contribution in [2.45, 2.75) is 6.42 Å². The van der Waals surface area contributed by atoms with Crippen LogP contribution in [0.2, 0.25) is 0 Å². The van der Waals surface area contributed by atoms with Gasteiger partial charge in [0.2, 0.25) is 11.8 Å². The highest BCUT2D eigenvalue weighted by Gasteiger charge is 2.23. The van der Waals surface area contributed by atoms with E-state index in [4.69, 9.17) is 4.74 Å². The Morgan fingerprint density at radius 2 is 1.71 bits per heavy atom. The largest absolute Gasteiger partial charge is 0.495 e. The number of carbonyl (C=O) groups is 2. The molecule has 0 bridgehead atoms. The summed E-state index contributed by atoms with van der Waals surface area (Å²) >= 11 is 0. The number of hydrogen-bond donors (Lipinski definition) is 1. The van der Waals surface area contributed by atoms with Gasteiger partial charge in [-0.05, 0) is 23.8 Å². The summed E-state index contributed by atoms with van der Waals surface area (Å²) in [5, 5.41) is 2.85. The molecule has 0 saturated carbocycles. The first-order valence-electron chi connectivity index (χ1n) is 9.23. The first-order valence-corrected chi connectivity index (χ1v) is 9.23. The predicted octanol–water partition coefficient (Wildman–Crippen LogP) is 2.16. The Morgan fingerprint density at radius 3 is 2.43 bits per heavy atom. The van der Waals surface area contributed by atoms with Gasteiger partial charge in [0.15, 0.2) is 0 Å². The van der Waals surface area contributed by atoms with Gasteiger partial charge in [-0.1, -0.05) is 30.3 Å². The lowest BCUT2D eigenvalue weighted by molar-refractivity contribution is -0.132. The van der Waals surface area contributed by atoms with E-state index in [1.165, 1.54) is 6.07 Å². The number of amides is 2. The number of halogens is 1. The monoisotopic (exact) mass is 385 g/mol. The molecule has 2 aromatic carbocycles. The van der Waals surface area contributed by atoms with Crippen molar-refractivity contribution in [3.63, 3.8) is 0 Å². The Kier molecular flexibility index (Phi) is 6.60. The zero-order chi connectivity index (χ0) is 19.9. The van der Waals surface area contributed by atoms with Crippen molar-refractivity contribution in [1.82, 2.24) is 9.80 Å². The van der Waals surface area contributed by atoms with E-state index in [1.54, 1.807) is 42.3 Å². The minimum Gasteiger partial charge on any atom is -0.495 e. The zero-order valence-corrected chi connectivity index (χ0v) is 15.9. The van der Waals surface area contributed by atoms with E-state index in [2.05, 4.69) is 5.32 Å². The van der Waals surface area contributed by atoms with Gasteiger partial charge in [-0.3, -0.25) is 14.5 Å². The minimum atomic E-state index is -0.359. The zero-order valence-electron chi connectivity index (χ0n) is 15.9. The fourth-order valence-electron chi connectivity index (χ4n) is 3.21. The normalized spacial score (nSPS) is 14.6. The van der Waals surface area contributed by atoms with E-state index in [0.29, 0.717) is 43.2 Å². The van der Waals surface area contributed by atoms with E-state index < -0.39 is 0 Å². The maximum atomic E-state index is 13.7. The number of benzene rings is 2. The average Bonchev–Trinajstić information content (AvgIpc) is 2.70. The number of anilines is 1. The number of nitrogens with one attached hydrogen (secondary N) is 1. The molecule has 1 aliphatic heterocycles. The molecule has 0 unspecified atom stereocenters. The second-order valence-electron chi connectivity index (χ2n) is 6.67. The fourth-order valence-corrected chi connectivity index (χ4v) is 3.21. The molecule has 2 amide bonds. The Bertz CT molecular complexity index is 835. The van der Waals surface area contributed by atoms with Gasteiger partial charge in [0.05, 0.1) is 25.8 Å². The molecule has 1 heterocycles. The second kappa shape index (κ2) is 9.32. The summed E-state index contributed by atoms with van der Waals surface area (Å²) < 4.78 is 19.0. The minimum absolute atomic E-state index is 0.0565. The van der Waals surface area contributed by atoms with Crippen molar-refractivity contribution < 1.29 is 18.7 Å². The Hall–Kier alpha value is -2.93.